The molecule has 0 aliphatic carbocycles. The highest BCUT2D eigenvalue weighted by Gasteiger charge is 2.49. The molecular formula is C41H60O10. The van der Waals surface area contributed by atoms with E-state index in [0.717, 1.165) is 5.57 Å². The van der Waals surface area contributed by atoms with Crippen LogP contribution in [0.3, 0.4) is 0 Å². The summed E-state index contributed by atoms with van der Waals surface area (Å²) in [6.07, 6.45) is 18.4. The summed E-state index contributed by atoms with van der Waals surface area (Å²) in [6, 6.07) is 0. The topological polar surface area (TPSA) is 152 Å². The van der Waals surface area contributed by atoms with Crippen LogP contribution in [0.15, 0.2) is 84.6 Å². The largest absolute Gasteiger partial charge is 0.459 e. The molecule has 10 atom stereocenters. The summed E-state index contributed by atoms with van der Waals surface area (Å²) in [4.78, 5) is 25.3. The number of carbonyl (C=O) groups is 2. The molecule has 10 unspecified atom stereocenters. The number of hydrogen-bond acceptors (Lipinski definition) is 10. The summed E-state index contributed by atoms with van der Waals surface area (Å²) in [5.74, 6) is -1.13. The van der Waals surface area contributed by atoms with Gasteiger partial charge in [0, 0.05) is 31.3 Å². The maximum Gasteiger partial charge on any atom is 0.335 e. The van der Waals surface area contributed by atoms with Crippen LogP contribution in [0, 0.1) is 17.3 Å². The molecule has 3 aliphatic heterocycles. The molecule has 10 nitrogen and oxygen atoms in total. The van der Waals surface area contributed by atoms with Crippen LogP contribution in [0.1, 0.15) is 79.6 Å². The Balaban J connectivity index is 1.71. The standard InChI is InChI=1S/C41H60O10/c1-27(2)21-34(44)29(4)25-48-40(47)33(43)18-13-14-19-37-41(6,26-42)38-24-32(50-37)17-10-7-9-15-28(3)22-36-30(5)35(45)23-31(49-36)16-11-8-12-20-39(46)51-38/h8-15,17,20,22,27,30-38,42-45H,4,7,16,18-19,21,23-26H2,1-3,5-6H3/b11-8?,14-13?,15-9+,17-10?,20-12?,28-22?. The van der Waals surface area contributed by atoms with Crippen molar-refractivity contribution < 1.29 is 49.0 Å². The van der Waals surface area contributed by atoms with Crippen molar-refractivity contribution in [1.29, 1.82) is 0 Å². The zero-order valence-corrected chi connectivity index (χ0v) is 30.9. The number of ether oxygens (including phenoxy) is 4. The summed E-state index contributed by atoms with van der Waals surface area (Å²) in [6.45, 7) is 13.1. The normalized spacial score (nSPS) is 32.5. The minimum absolute atomic E-state index is 0.00418. The highest BCUT2D eigenvalue weighted by Crippen LogP contribution is 2.41. The molecule has 0 aromatic rings. The SMILES string of the molecule is C=C(COC(=O)C(O)CC=CCC1OC2C=CC/C=C/C(C)=CC3OC(CC=CC=CC(=O)OC(C2)C1(C)CO)CC(O)C3C)C(O)CC(C)C. The quantitative estimate of drug-likeness (QED) is 0.162. The lowest BCUT2D eigenvalue weighted by molar-refractivity contribution is -0.198. The van der Waals surface area contributed by atoms with E-state index >= 15 is 0 Å². The highest BCUT2D eigenvalue weighted by molar-refractivity contribution is 5.82. The van der Waals surface area contributed by atoms with E-state index in [-0.39, 0.29) is 43.7 Å². The number of rotatable bonds is 11. The van der Waals surface area contributed by atoms with Crippen molar-refractivity contribution in [3.63, 3.8) is 0 Å². The van der Waals surface area contributed by atoms with Crippen LogP contribution < -0.4 is 0 Å². The van der Waals surface area contributed by atoms with Crippen LogP contribution in [0.2, 0.25) is 0 Å². The molecule has 3 aliphatic rings. The van der Waals surface area contributed by atoms with Gasteiger partial charge in [-0.1, -0.05) is 101 Å². The molecule has 284 valence electrons. The van der Waals surface area contributed by atoms with Gasteiger partial charge in [0.05, 0.1) is 48.6 Å². The van der Waals surface area contributed by atoms with E-state index < -0.39 is 54.0 Å². The Morgan fingerprint density at radius 2 is 1.86 bits per heavy atom. The molecule has 2 saturated heterocycles. The second kappa shape index (κ2) is 20.8. The first-order valence-corrected chi connectivity index (χ1v) is 18.2. The van der Waals surface area contributed by atoms with E-state index in [9.17, 15) is 30.0 Å². The van der Waals surface area contributed by atoms with Gasteiger partial charge in [0.1, 0.15) is 12.7 Å². The fourth-order valence-electron chi connectivity index (χ4n) is 6.40. The van der Waals surface area contributed by atoms with Crippen molar-refractivity contribution in [3.8, 4) is 0 Å². The molecule has 0 spiro atoms. The van der Waals surface area contributed by atoms with Crippen LogP contribution >= 0.6 is 0 Å². The number of fused-ring (bicyclic) bond motifs is 4. The molecule has 0 aromatic heterocycles. The van der Waals surface area contributed by atoms with Crippen LogP contribution in [-0.2, 0) is 28.5 Å². The van der Waals surface area contributed by atoms with Gasteiger partial charge in [0.25, 0.3) is 0 Å². The Morgan fingerprint density at radius 1 is 1.10 bits per heavy atom. The number of aliphatic hydroxyl groups excluding tert-OH is 4. The molecule has 10 heteroatoms. The predicted molar refractivity (Wildman–Crippen MR) is 196 cm³/mol. The molecule has 4 N–H and O–H groups in total. The molecule has 0 aromatic carbocycles. The van der Waals surface area contributed by atoms with Gasteiger partial charge < -0.3 is 39.4 Å². The van der Waals surface area contributed by atoms with Crippen molar-refractivity contribution in [2.24, 2.45) is 17.3 Å². The van der Waals surface area contributed by atoms with Crippen LogP contribution in [0.5, 0.6) is 0 Å². The smallest absolute Gasteiger partial charge is 0.335 e. The number of esters is 2. The van der Waals surface area contributed by atoms with Crippen LogP contribution in [-0.4, -0.2) is 94.4 Å². The van der Waals surface area contributed by atoms with E-state index in [4.69, 9.17) is 18.9 Å². The second-order valence-corrected chi connectivity index (χ2v) is 14.7. The minimum Gasteiger partial charge on any atom is -0.459 e. The van der Waals surface area contributed by atoms with Crippen molar-refractivity contribution in [3.05, 3.63) is 84.6 Å². The molecular weight excluding hydrogens is 652 g/mol. The molecule has 2 fully saturated rings. The van der Waals surface area contributed by atoms with E-state index in [2.05, 4.69) is 12.7 Å². The summed E-state index contributed by atoms with van der Waals surface area (Å²) in [7, 11) is 0. The Labute approximate surface area is 303 Å². The van der Waals surface area contributed by atoms with E-state index in [1.807, 2.05) is 65.0 Å². The van der Waals surface area contributed by atoms with Crippen LogP contribution in [0.4, 0.5) is 0 Å². The first kappa shape index (κ1) is 42.3. The van der Waals surface area contributed by atoms with Gasteiger partial charge in [-0.25, -0.2) is 9.59 Å². The summed E-state index contributed by atoms with van der Waals surface area (Å²) in [5.41, 5.74) is 0.477. The Kier molecular flexibility index (Phi) is 17.2. The Hall–Kier alpha value is -3.12. The van der Waals surface area contributed by atoms with Gasteiger partial charge >= 0.3 is 11.9 Å². The summed E-state index contributed by atoms with van der Waals surface area (Å²) >= 11 is 0. The first-order chi connectivity index (χ1) is 24.2. The van der Waals surface area contributed by atoms with Gasteiger partial charge in [-0.15, -0.1) is 0 Å². The van der Waals surface area contributed by atoms with Crippen molar-refractivity contribution in [2.75, 3.05) is 13.2 Å². The summed E-state index contributed by atoms with van der Waals surface area (Å²) in [5, 5.41) is 41.7. The van der Waals surface area contributed by atoms with Gasteiger partial charge in [-0.3, -0.25) is 0 Å². The van der Waals surface area contributed by atoms with E-state index in [1.165, 1.54) is 6.08 Å². The number of carbonyl (C=O) groups excluding carboxylic acids is 2. The van der Waals surface area contributed by atoms with Gasteiger partial charge in [0.15, 0.2) is 6.10 Å². The summed E-state index contributed by atoms with van der Waals surface area (Å²) < 4.78 is 23.8. The zero-order valence-electron chi connectivity index (χ0n) is 30.9. The lowest BCUT2D eigenvalue weighted by atomic mass is 9.73. The van der Waals surface area contributed by atoms with Gasteiger partial charge in [-0.05, 0) is 44.1 Å². The molecule has 0 amide bonds. The fourth-order valence-corrected chi connectivity index (χ4v) is 6.40. The fraction of sp³-hybridized carbons (Fsp3) is 0.610. The third-order valence-electron chi connectivity index (χ3n) is 9.86. The van der Waals surface area contributed by atoms with E-state index in [0.29, 0.717) is 44.1 Å². The molecule has 0 radical (unpaired) electrons. The molecule has 3 heterocycles. The van der Waals surface area contributed by atoms with E-state index in [1.54, 1.807) is 24.3 Å². The van der Waals surface area contributed by atoms with Crippen LogP contribution in [0.25, 0.3) is 0 Å². The average molecular weight is 713 g/mol. The molecule has 4 bridgehead atoms. The highest BCUT2D eigenvalue weighted by atomic mass is 16.6. The van der Waals surface area contributed by atoms with Crippen molar-refractivity contribution >= 4 is 11.9 Å². The average Bonchev–Trinajstić information content (AvgIpc) is 3.07. The van der Waals surface area contributed by atoms with Crippen molar-refractivity contribution in [1.82, 2.24) is 0 Å². The van der Waals surface area contributed by atoms with Gasteiger partial charge in [0.2, 0.25) is 0 Å². The number of allylic oxidation sites excluding steroid dienone is 6. The molecule has 51 heavy (non-hydrogen) atoms. The molecule has 0 saturated carbocycles. The maximum atomic E-state index is 13.0. The predicted octanol–water partition coefficient (Wildman–Crippen LogP) is 5.38. The Bertz CT molecular complexity index is 1330. The lowest BCUT2D eigenvalue weighted by Gasteiger charge is -2.47. The number of hydrogen-bond donors (Lipinski definition) is 4. The lowest BCUT2D eigenvalue weighted by Crippen LogP contribution is -2.55. The third-order valence-corrected chi connectivity index (χ3v) is 9.86. The minimum atomic E-state index is -1.40. The number of aliphatic hydroxyl groups is 4. The Morgan fingerprint density at radius 3 is 2.59 bits per heavy atom. The zero-order chi connectivity index (χ0) is 37.6. The second-order valence-electron chi connectivity index (χ2n) is 14.7. The molecule has 3 rings (SSSR count). The first-order valence-electron chi connectivity index (χ1n) is 18.2. The van der Waals surface area contributed by atoms with Crippen molar-refractivity contribution in [2.45, 2.75) is 128 Å². The monoisotopic (exact) mass is 712 g/mol. The maximum absolute atomic E-state index is 13.0. The van der Waals surface area contributed by atoms with Gasteiger partial charge in [-0.2, -0.15) is 0 Å². The third kappa shape index (κ3) is 13.4.